The summed E-state index contributed by atoms with van der Waals surface area (Å²) in [6.45, 7) is 5.75. The summed E-state index contributed by atoms with van der Waals surface area (Å²) in [4.78, 5) is 21.9. The van der Waals surface area contributed by atoms with E-state index in [4.69, 9.17) is 4.74 Å². The molecule has 22 heavy (non-hydrogen) atoms. The van der Waals surface area contributed by atoms with Crippen molar-refractivity contribution in [3.8, 4) is 5.75 Å². The predicted molar refractivity (Wildman–Crippen MR) is 83.9 cm³/mol. The number of nitro groups is 1. The molecule has 0 heterocycles. The van der Waals surface area contributed by atoms with E-state index < -0.39 is 10.8 Å². The van der Waals surface area contributed by atoms with Crippen molar-refractivity contribution in [1.82, 2.24) is 5.43 Å². The summed E-state index contributed by atoms with van der Waals surface area (Å²) in [5.74, 6) is 0.174. The number of para-hydroxylation sites is 2. The Hall–Kier alpha value is -2.44. The molecule has 0 aliphatic heterocycles. The number of benzene rings is 1. The van der Waals surface area contributed by atoms with Gasteiger partial charge in [0.2, 0.25) is 0 Å². The number of rotatable bonds is 8. The molecule has 0 fully saturated rings. The first-order valence-corrected chi connectivity index (χ1v) is 7.08. The van der Waals surface area contributed by atoms with Crippen molar-refractivity contribution in [2.45, 2.75) is 33.6 Å². The minimum absolute atomic E-state index is 0.0585. The number of hydrogen-bond donors (Lipinski definition) is 1. The second-order valence-electron chi connectivity index (χ2n) is 5.33. The molecule has 0 saturated carbocycles. The molecule has 7 heteroatoms. The van der Waals surface area contributed by atoms with Crippen molar-refractivity contribution < 1.29 is 14.5 Å². The molecular weight excluding hydrogens is 286 g/mol. The van der Waals surface area contributed by atoms with Crippen LogP contribution in [-0.2, 0) is 4.79 Å². The van der Waals surface area contributed by atoms with Gasteiger partial charge >= 0.3 is 5.69 Å². The highest BCUT2D eigenvalue weighted by atomic mass is 16.6. The third-order valence-corrected chi connectivity index (χ3v) is 2.88. The van der Waals surface area contributed by atoms with Gasteiger partial charge in [-0.3, -0.25) is 14.9 Å². The Morgan fingerprint density at radius 3 is 2.73 bits per heavy atom. The fourth-order valence-electron chi connectivity index (χ4n) is 1.62. The van der Waals surface area contributed by atoms with Crippen molar-refractivity contribution in [2.24, 2.45) is 11.0 Å². The fraction of sp³-hybridized carbons (Fsp3) is 0.467. The average molecular weight is 307 g/mol. The quantitative estimate of drug-likeness (QED) is 0.454. The SMILES string of the molecule is C/C(CCC(C)C)=N/NC(=O)COc1ccccc1[N+](=O)[O-]. The summed E-state index contributed by atoms with van der Waals surface area (Å²) in [6, 6.07) is 5.91. The van der Waals surface area contributed by atoms with Gasteiger partial charge < -0.3 is 4.74 Å². The van der Waals surface area contributed by atoms with Gasteiger partial charge in [0.25, 0.3) is 5.91 Å². The van der Waals surface area contributed by atoms with Crippen LogP contribution in [0.2, 0.25) is 0 Å². The second kappa shape index (κ2) is 8.76. The zero-order chi connectivity index (χ0) is 16.5. The lowest BCUT2D eigenvalue weighted by Gasteiger charge is -2.07. The molecule has 0 radical (unpaired) electrons. The van der Waals surface area contributed by atoms with Gasteiger partial charge in [0.05, 0.1) is 4.92 Å². The van der Waals surface area contributed by atoms with E-state index in [9.17, 15) is 14.9 Å². The molecule has 0 bridgehead atoms. The Morgan fingerprint density at radius 1 is 1.41 bits per heavy atom. The maximum Gasteiger partial charge on any atom is 0.310 e. The molecule has 0 aromatic heterocycles. The molecule has 0 spiro atoms. The number of nitrogens with one attached hydrogen (secondary N) is 1. The van der Waals surface area contributed by atoms with Crippen LogP contribution in [0.25, 0.3) is 0 Å². The first-order chi connectivity index (χ1) is 10.4. The minimum atomic E-state index is -0.554. The van der Waals surface area contributed by atoms with Gasteiger partial charge in [0.15, 0.2) is 12.4 Å². The maximum absolute atomic E-state index is 11.6. The number of hydrazone groups is 1. The van der Waals surface area contributed by atoms with E-state index in [2.05, 4.69) is 24.4 Å². The lowest BCUT2D eigenvalue weighted by molar-refractivity contribution is -0.385. The second-order valence-corrected chi connectivity index (χ2v) is 5.33. The van der Waals surface area contributed by atoms with Crippen LogP contribution in [0.15, 0.2) is 29.4 Å². The highest BCUT2D eigenvalue weighted by Gasteiger charge is 2.14. The van der Waals surface area contributed by atoms with Gasteiger partial charge in [-0.2, -0.15) is 5.10 Å². The Morgan fingerprint density at radius 2 is 2.09 bits per heavy atom. The smallest absolute Gasteiger partial charge is 0.310 e. The summed E-state index contributed by atoms with van der Waals surface area (Å²) < 4.78 is 5.17. The third kappa shape index (κ3) is 6.34. The Kier molecular flexibility index (Phi) is 7.01. The van der Waals surface area contributed by atoms with Crippen LogP contribution < -0.4 is 10.2 Å². The van der Waals surface area contributed by atoms with Crippen LogP contribution in [0.5, 0.6) is 5.75 Å². The number of nitrogens with zero attached hydrogens (tertiary/aromatic N) is 2. The molecule has 1 rings (SSSR count). The molecule has 1 aromatic carbocycles. The van der Waals surface area contributed by atoms with Gasteiger partial charge in [-0.25, -0.2) is 5.43 Å². The fourth-order valence-corrected chi connectivity index (χ4v) is 1.62. The first kappa shape index (κ1) is 17.6. The van der Waals surface area contributed by atoms with Gasteiger partial charge in [0, 0.05) is 11.8 Å². The van der Waals surface area contributed by atoms with E-state index in [0.717, 1.165) is 18.6 Å². The topological polar surface area (TPSA) is 93.8 Å². The molecule has 0 saturated heterocycles. The molecule has 120 valence electrons. The van der Waals surface area contributed by atoms with Crippen molar-refractivity contribution in [3.63, 3.8) is 0 Å². The van der Waals surface area contributed by atoms with Crippen molar-refractivity contribution >= 4 is 17.3 Å². The molecule has 0 aliphatic carbocycles. The summed E-state index contributed by atoms with van der Waals surface area (Å²) in [5.41, 5.74) is 3.03. The van der Waals surface area contributed by atoms with Crippen LogP contribution >= 0.6 is 0 Å². The molecule has 1 aromatic rings. The van der Waals surface area contributed by atoms with Gasteiger partial charge in [-0.15, -0.1) is 0 Å². The van der Waals surface area contributed by atoms with E-state index >= 15 is 0 Å². The monoisotopic (exact) mass is 307 g/mol. The number of ether oxygens (including phenoxy) is 1. The molecular formula is C15H21N3O4. The summed E-state index contributed by atoms with van der Waals surface area (Å²) >= 11 is 0. The number of hydrogen-bond acceptors (Lipinski definition) is 5. The summed E-state index contributed by atoms with van der Waals surface area (Å²) in [6.07, 6.45) is 1.81. The molecule has 0 atom stereocenters. The van der Waals surface area contributed by atoms with Crippen LogP contribution in [0, 0.1) is 16.0 Å². The predicted octanol–water partition coefficient (Wildman–Crippen LogP) is 2.90. The zero-order valence-electron chi connectivity index (χ0n) is 13.0. The van der Waals surface area contributed by atoms with E-state index in [1.54, 1.807) is 6.07 Å². The highest BCUT2D eigenvalue weighted by Crippen LogP contribution is 2.25. The highest BCUT2D eigenvalue weighted by molar-refractivity contribution is 5.84. The van der Waals surface area contributed by atoms with Crippen molar-refractivity contribution in [1.29, 1.82) is 0 Å². The van der Waals surface area contributed by atoms with E-state index in [0.29, 0.717) is 5.92 Å². The number of amides is 1. The number of nitro benzene ring substituents is 1. The minimum Gasteiger partial charge on any atom is -0.477 e. The van der Waals surface area contributed by atoms with E-state index in [1.165, 1.54) is 18.2 Å². The average Bonchev–Trinajstić information content (AvgIpc) is 2.48. The van der Waals surface area contributed by atoms with Crippen molar-refractivity contribution in [3.05, 3.63) is 34.4 Å². The Balaban J connectivity index is 2.47. The molecule has 7 nitrogen and oxygen atoms in total. The molecule has 0 aliphatic rings. The number of carbonyl (C=O) groups is 1. The van der Waals surface area contributed by atoms with Crippen LogP contribution in [0.1, 0.15) is 33.6 Å². The lowest BCUT2D eigenvalue weighted by Crippen LogP contribution is -2.25. The zero-order valence-corrected chi connectivity index (χ0v) is 13.0. The first-order valence-electron chi connectivity index (χ1n) is 7.08. The summed E-state index contributed by atoms with van der Waals surface area (Å²) in [5, 5.41) is 14.8. The maximum atomic E-state index is 11.6. The van der Waals surface area contributed by atoms with Crippen LogP contribution in [-0.4, -0.2) is 23.1 Å². The van der Waals surface area contributed by atoms with Gasteiger partial charge in [-0.1, -0.05) is 26.0 Å². The summed E-state index contributed by atoms with van der Waals surface area (Å²) in [7, 11) is 0. The molecule has 1 amide bonds. The Labute approximate surface area is 129 Å². The lowest BCUT2D eigenvalue weighted by atomic mass is 10.1. The van der Waals surface area contributed by atoms with Gasteiger partial charge in [-0.05, 0) is 31.7 Å². The van der Waals surface area contributed by atoms with Crippen LogP contribution in [0.3, 0.4) is 0 Å². The molecule has 1 N–H and O–H groups in total. The van der Waals surface area contributed by atoms with Crippen molar-refractivity contribution in [2.75, 3.05) is 6.61 Å². The normalized spacial score (nSPS) is 11.4. The van der Waals surface area contributed by atoms with E-state index in [-0.39, 0.29) is 18.0 Å². The largest absolute Gasteiger partial charge is 0.477 e. The standard InChI is InChI=1S/C15H21N3O4/c1-11(2)8-9-12(3)16-17-15(19)10-22-14-7-5-4-6-13(14)18(20)21/h4-7,11H,8-10H2,1-3H3,(H,17,19)/b16-12-. The number of carbonyl (C=O) groups excluding carboxylic acids is 1. The third-order valence-electron chi connectivity index (χ3n) is 2.88. The van der Waals surface area contributed by atoms with Crippen LogP contribution in [0.4, 0.5) is 5.69 Å². The van der Waals surface area contributed by atoms with E-state index in [1.807, 2.05) is 6.92 Å². The van der Waals surface area contributed by atoms with Gasteiger partial charge in [0.1, 0.15) is 0 Å². The Bertz CT molecular complexity index is 555. The molecule has 0 unspecified atom stereocenters.